The third-order valence-electron chi connectivity index (χ3n) is 2.64. The van der Waals surface area contributed by atoms with E-state index >= 15 is 0 Å². The normalized spacial score (nSPS) is 12.6. The van der Waals surface area contributed by atoms with Gasteiger partial charge in [-0.15, -0.1) is 0 Å². The monoisotopic (exact) mass is 232 g/mol. The Morgan fingerprint density at radius 1 is 1.06 bits per heavy atom. The molecule has 1 aromatic carbocycles. The van der Waals surface area contributed by atoms with Crippen molar-refractivity contribution in [3.63, 3.8) is 0 Å². The van der Waals surface area contributed by atoms with Crippen LogP contribution in [0, 0.1) is 6.92 Å². The molecule has 0 aliphatic rings. The molecule has 16 heavy (non-hydrogen) atoms. The Hall–Kier alpha value is -1.12. The Labute approximate surface area is 100 Å². The van der Waals surface area contributed by atoms with Crippen molar-refractivity contribution in [2.75, 3.05) is 0 Å². The Morgan fingerprint density at radius 3 is 2.38 bits per heavy atom. The highest BCUT2D eigenvalue weighted by atomic mass is 32.1. The molecule has 84 valence electrons. The molecule has 0 saturated carbocycles. The lowest BCUT2D eigenvalue weighted by Gasteiger charge is -2.09. The Morgan fingerprint density at radius 2 is 1.75 bits per heavy atom. The van der Waals surface area contributed by atoms with Crippen molar-refractivity contribution in [1.82, 2.24) is 0 Å². The van der Waals surface area contributed by atoms with E-state index in [0.717, 1.165) is 12.8 Å². The topological polar surface area (TPSA) is 20.2 Å². The Kier molecular flexibility index (Phi) is 3.75. The van der Waals surface area contributed by atoms with Gasteiger partial charge < -0.3 is 5.11 Å². The molecule has 1 unspecified atom stereocenters. The number of aryl methyl sites for hydroxylation is 1. The van der Waals surface area contributed by atoms with Crippen LogP contribution in [0.3, 0.4) is 0 Å². The Balaban J connectivity index is 1.92. The molecule has 1 nitrogen and oxygen atoms in total. The van der Waals surface area contributed by atoms with E-state index in [1.807, 2.05) is 5.38 Å². The zero-order valence-corrected chi connectivity index (χ0v) is 10.2. The van der Waals surface area contributed by atoms with Gasteiger partial charge in [0.25, 0.3) is 0 Å². The molecule has 0 saturated heterocycles. The van der Waals surface area contributed by atoms with E-state index in [4.69, 9.17) is 0 Å². The first-order valence-corrected chi connectivity index (χ1v) is 6.43. The highest BCUT2D eigenvalue weighted by Crippen LogP contribution is 2.12. The maximum Gasteiger partial charge on any atom is 0.0621 e. The molecule has 0 aliphatic carbocycles. The lowest BCUT2D eigenvalue weighted by molar-refractivity contribution is 0.175. The first-order chi connectivity index (χ1) is 7.74. The third kappa shape index (κ3) is 3.19. The van der Waals surface area contributed by atoms with Gasteiger partial charge in [0.15, 0.2) is 0 Å². The number of hydrogen-bond donors (Lipinski definition) is 1. The quantitative estimate of drug-likeness (QED) is 0.858. The molecule has 0 radical (unpaired) electrons. The molecular formula is C14H16OS. The fraction of sp³-hybridized carbons (Fsp3) is 0.286. The summed E-state index contributed by atoms with van der Waals surface area (Å²) < 4.78 is 0. The molecule has 0 aliphatic heterocycles. The van der Waals surface area contributed by atoms with Crippen LogP contribution < -0.4 is 0 Å². The van der Waals surface area contributed by atoms with Crippen molar-refractivity contribution in [3.05, 3.63) is 57.8 Å². The number of benzene rings is 1. The summed E-state index contributed by atoms with van der Waals surface area (Å²) in [6.07, 6.45) is 1.20. The summed E-state index contributed by atoms with van der Waals surface area (Å²) in [6.45, 7) is 2.07. The van der Waals surface area contributed by atoms with E-state index in [9.17, 15) is 5.11 Å². The predicted molar refractivity (Wildman–Crippen MR) is 68.9 cm³/mol. The van der Waals surface area contributed by atoms with Gasteiger partial charge in [0.1, 0.15) is 0 Å². The summed E-state index contributed by atoms with van der Waals surface area (Å²) in [6, 6.07) is 10.4. The molecule has 1 heterocycles. The van der Waals surface area contributed by atoms with E-state index in [1.54, 1.807) is 11.3 Å². The number of rotatable bonds is 4. The Bertz CT molecular complexity index is 417. The van der Waals surface area contributed by atoms with Crippen LogP contribution in [-0.4, -0.2) is 11.2 Å². The first kappa shape index (κ1) is 11.4. The van der Waals surface area contributed by atoms with Crippen LogP contribution in [0.2, 0.25) is 0 Å². The van der Waals surface area contributed by atoms with Crippen molar-refractivity contribution in [2.24, 2.45) is 0 Å². The summed E-state index contributed by atoms with van der Waals surface area (Å²) in [4.78, 5) is 0. The summed E-state index contributed by atoms with van der Waals surface area (Å²) in [5, 5.41) is 14.1. The molecule has 1 aromatic heterocycles. The van der Waals surface area contributed by atoms with Crippen LogP contribution in [0.15, 0.2) is 41.1 Å². The fourth-order valence-corrected chi connectivity index (χ4v) is 2.43. The summed E-state index contributed by atoms with van der Waals surface area (Å²) in [5.74, 6) is 0. The number of aliphatic hydroxyl groups is 1. The van der Waals surface area contributed by atoms with Gasteiger partial charge in [-0.25, -0.2) is 0 Å². The highest BCUT2D eigenvalue weighted by molar-refractivity contribution is 7.07. The second-order valence-electron chi connectivity index (χ2n) is 4.18. The van der Waals surface area contributed by atoms with E-state index in [1.165, 1.54) is 16.7 Å². The van der Waals surface area contributed by atoms with Crippen molar-refractivity contribution < 1.29 is 5.11 Å². The molecule has 2 heteroatoms. The van der Waals surface area contributed by atoms with Gasteiger partial charge >= 0.3 is 0 Å². The highest BCUT2D eigenvalue weighted by Gasteiger charge is 2.06. The predicted octanol–water partition coefficient (Wildman–Crippen LogP) is 3.20. The van der Waals surface area contributed by atoms with Crippen LogP contribution in [-0.2, 0) is 12.8 Å². The minimum atomic E-state index is -0.280. The third-order valence-corrected chi connectivity index (χ3v) is 3.38. The van der Waals surface area contributed by atoms with Crippen LogP contribution in [0.25, 0.3) is 0 Å². The number of hydrogen-bond acceptors (Lipinski definition) is 2. The minimum absolute atomic E-state index is 0.280. The summed E-state index contributed by atoms with van der Waals surface area (Å²) in [5.41, 5.74) is 3.69. The van der Waals surface area contributed by atoms with Gasteiger partial charge in [0, 0.05) is 0 Å². The second-order valence-corrected chi connectivity index (χ2v) is 4.96. The van der Waals surface area contributed by atoms with Crippen molar-refractivity contribution in [3.8, 4) is 0 Å². The van der Waals surface area contributed by atoms with Crippen LogP contribution in [0.4, 0.5) is 0 Å². The molecule has 2 aromatic rings. The van der Waals surface area contributed by atoms with Crippen molar-refractivity contribution in [2.45, 2.75) is 25.9 Å². The molecule has 0 bridgehead atoms. The summed E-state index contributed by atoms with van der Waals surface area (Å²) in [7, 11) is 0. The maximum absolute atomic E-state index is 9.95. The number of aliphatic hydroxyl groups excluding tert-OH is 1. The van der Waals surface area contributed by atoms with Crippen molar-refractivity contribution >= 4 is 11.3 Å². The fourth-order valence-electron chi connectivity index (χ4n) is 1.75. The first-order valence-electron chi connectivity index (χ1n) is 5.49. The van der Waals surface area contributed by atoms with E-state index in [2.05, 4.69) is 42.6 Å². The second kappa shape index (κ2) is 5.28. The van der Waals surface area contributed by atoms with E-state index in [0.29, 0.717) is 0 Å². The van der Waals surface area contributed by atoms with E-state index < -0.39 is 0 Å². The lowest BCUT2D eigenvalue weighted by atomic mass is 10.0. The van der Waals surface area contributed by atoms with Crippen molar-refractivity contribution in [1.29, 1.82) is 0 Å². The lowest BCUT2D eigenvalue weighted by Crippen LogP contribution is -2.13. The molecule has 0 spiro atoms. The van der Waals surface area contributed by atoms with Gasteiger partial charge in [-0.1, -0.05) is 29.8 Å². The van der Waals surface area contributed by atoms with Gasteiger partial charge in [0.05, 0.1) is 6.10 Å². The van der Waals surface area contributed by atoms with Gasteiger partial charge in [0.2, 0.25) is 0 Å². The molecule has 1 atom stereocenters. The SMILES string of the molecule is Cc1ccc(CC(O)Cc2ccsc2)cc1. The van der Waals surface area contributed by atoms with E-state index in [-0.39, 0.29) is 6.10 Å². The standard InChI is InChI=1S/C14H16OS/c1-11-2-4-12(5-3-11)8-14(15)9-13-6-7-16-10-13/h2-7,10,14-15H,8-9H2,1H3. The van der Waals surface area contributed by atoms with Gasteiger partial charge in [-0.05, 0) is 47.7 Å². The van der Waals surface area contributed by atoms with Crippen LogP contribution in [0.5, 0.6) is 0 Å². The zero-order valence-electron chi connectivity index (χ0n) is 9.39. The average molecular weight is 232 g/mol. The number of thiophene rings is 1. The molecule has 0 amide bonds. The minimum Gasteiger partial charge on any atom is -0.392 e. The molecule has 1 N–H and O–H groups in total. The van der Waals surface area contributed by atoms with Crippen LogP contribution in [0.1, 0.15) is 16.7 Å². The molecule has 2 rings (SSSR count). The largest absolute Gasteiger partial charge is 0.392 e. The smallest absolute Gasteiger partial charge is 0.0621 e. The average Bonchev–Trinajstić information content (AvgIpc) is 2.74. The van der Waals surface area contributed by atoms with Gasteiger partial charge in [-0.2, -0.15) is 11.3 Å². The molecule has 0 fully saturated rings. The zero-order chi connectivity index (χ0) is 11.4. The summed E-state index contributed by atoms with van der Waals surface area (Å²) >= 11 is 1.68. The van der Waals surface area contributed by atoms with Gasteiger partial charge in [-0.3, -0.25) is 0 Å². The molecular weight excluding hydrogens is 216 g/mol. The maximum atomic E-state index is 9.95. The van der Waals surface area contributed by atoms with Crippen LogP contribution >= 0.6 is 11.3 Å².